The minimum atomic E-state index is 0.679. The maximum Gasteiger partial charge on any atom is 0.0218 e. The summed E-state index contributed by atoms with van der Waals surface area (Å²) in [5.74, 6) is 2.72. The molecular weight excluding hydrogens is 184 g/mol. The number of piperazine rings is 1. The molecule has 1 heterocycles. The fourth-order valence-electron chi connectivity index (χ4n) is 2.26. The molecule has 86 valence electrons. The number of hydrogen-bond acceptors (Lipinski definition) is 2. The molecule has 0 spiro atoms. The second-order valence-electron chi connectivity index (χ2n) is 4.38. The number of unbranched alkanes of at least 4 members (excludes halogenated alkanes) is 1. The minimum absolute atomic E-state index is 0.679. The standard InChI is InChI=1S/C13H24N2/c1-4-7-8-9-15-11-12(5-2)14-10-13(15)6-3/h1,12-14H,5-11H2,2-3H3. The topological polar surface area (TPSA) is 15.3 Å². The molecule has 0 aliphatic carbocycles. The monoisotopic (exact) mass is 208 g/mol. The summed E-state index contributed by atoms with van der Waals surface area (Å²) >= 11 is 0. The second kappa shape index (κ2) is 6.87. The Morgan fingerprint density at radius 2 is 2.20 bits per heavy atom. The lowest BCUT2D eigenvalue weighted by molar-refractivity contribution is 0.124. The summed E-state index contributed by atoms with van der Waals surface area (Å²) in [6, 6.07) is 1.39. The Kier molecular flexibility index (Phi) is 5.75. The van der Waals surface area contributed by atoms with Gasteiger partial charge in [0.1, 0.15) is 0 Å². The van der Waals surface area contributed by atoms with Gasteiger partial charge in [-0.2, -0.15) is 0 Å². The summed E-state index contributed by atoms with van der Waals surface area (Å²) in [5, 5.41) is 3.61. The molecular formula is C13H24N2. The van der Waals surface area contributed by atoms with Gasteiger partial charge < -0.3 is 5.32 Å². The van der Waals surface area contributed by atoms with E-state index in [4.69, 9.17) is 6.42 Å². The van der Waals surface area contributed by atoms with Crippen LogP contribution in [-0.4, -0.2) is 36.6 Å². The highest BCUT2D eigenvalue weighted by atomic mass is 15.2. The number of nitrogens with zero attached hydrogens (tertiary/aromatic N) is 1. The Morgan fingerprint density at radius 1 is 1.40 bits per heavy atom. The smallest absolute Gasteiger partial charge is 0.0218 e. The molecule has 2 unspecified atom stereocenters. The maximum absolute atomic E-state index is 5.28. The van der Waals surface area contributed by atoms with Crippen LogP contribution in [0.1, 0.15) is 39.5 Å². The van der Waals surface area contributed by atoms with Gasteiger partial charge in [0.15, 0.2) is 0 Å². The molecule has 0 bridgehead atoms. The number of nitrogens with one attached hydrogen (secondary N) is 1. The lowest BCUT2D eigenvalue weighted by Crippen LogP contribution is -2.56. The van der Waals surface area contributed by atoms with Gasteiger partial charge in [-0.3, -0.25) is 4.90 Å². The maximum atomic E-state index is 5.28. The second-order valence-corrected chi connectivity index (χ2v) is 4.38. The van der Waals surface area contributed by atoms with E-state index in [0.717, 1.165) is 19.4 Å². The fraction of sp³-hybridized carbons (Fsp3) is 0.846. The van der Waals surface area contributed by atoms with Crippen LogP contribution >= 0.6 is 0 Å². The van der Waals surface area contributed by atoms with E-state index in [2.05, 4.69) is 30.0 Å². The predicted octanol–water partition coefficient (Wildman–Crippen LogP) is 1.86. The van der Waals surface area contributed by atoms with Crippen molar-refractivity contribution in [3.05, 3.63) is 0 Å². The Hall–Kier alpha value is -0.520. The van der Waals surface area contributed by atoms with E-state index < -0.39 is 0 Å². The van der Waals surface area contributed by atoms with Gasteiger partial charge in [0.2, 0.25) is 0 Å². The summed E-state index contributed by atoms with van der Waals surface area (Å²) < 4.78 is 0. The van der Waals surface area contributed by atoms with Crippen LogP contribution in [0.5, 0.6) is 0 Å². The minimum Gasteiger partial charge on any atom is -0.311 e. The highest BCUT2D eigenvalue weighted by Gasteiger charge is 2.24. The summed E-state index contributed by atoms with van der Waals surface area (Å²) in [6.07, 6.45) is 9.80. The molecule has 2 nitrogen and oxygen atoms in total. The van der Waals surface area contributed by atoms with E-state index in [1.165, 1.54) is 25.9 Å². The largest absolute Gasteiger partial charge is 0.311 e. The molecule has 1 rings (SSSR count). The molecule has 1 aliphatic heterocycles. The highest BCUT2D eigenvalue weighted by Crippen LogP contribution is 2.12. The summed E-state index contributed by atoms with van der Waals surface area (Å²) in [4.78, 5) is 2.61. The van der Waals surface area contributed by atoms with Crippen LogP contribution in [0.3, 0.4) is 0 Å². The van der Waals surface area contributed by atoms with Gasteiger partial charge in [-0.1, -0.05) is 13.8 Å². The van der Waals surface area contributed by atoms with Gasteiger partial charge in [0.25, 0.3) is 0 Å². The van der Waals surface area contributed by atoms with Crippen LogP contribution < -0.4 is 5.32 Å². The molecule has 0 saturated carbocycles. The van der Waals surface area contributed by atoms with Crippen molar-refractivity contribution in [2.75, 3.05) is 19.6 Å². The van der Waals surface area contributed by atoms with Crippen LogP contribution in [-0.2, 0) is 0 Å². The number of rotatable bonds is 5. The van der Waals surface area contributed by atoms with Crippen molar-refractivity contribution in [3.63, 3.8) is 0 Å². The molecule has 1 saturated heterocycles. The Bertz CT molecular complexity index is 207. The van der Waals surface area contributed by atoms with Crippen molar-refractivity contribution in [3.8, 4) is 12.3 Å². The van der Waals surface area contributed by atoms with E-state index in [1.807, 2.05) is 0 Å². The average Bonchev–Trinajstić information content (AvgIpc) is 2.29. The summed E-state index contributed by atoms with van der Waals surface area (Å²) in [6.45, 7) is 8.03. The third kappa shape index (κ3) is 3.85. The zero-order valence-electron chi connectivity index (χ0n) is 10.1. The quantitative estimate of drug-likeness (QED) is 0.548. The molecule has 1 fully saturated rings. The van der Waals surface area contributed by atoms with E-state index in [9.17, 15) is 0 Å². The summed E-state index contributed by atoms with van der Waals surface area (Å²) in [5.41, 5.74) is 0. The van der Waals surface area contributed by atoms with Gasteiger partial charge in [0.05, 0.1) is 0 Å². The molecule has 1 N–H and O–H groups in total. The van der Waals surface area contributed by atoms with Crippen LogP contribution in [0.25, 0.3) is 0 Å². The first-order chi connectivity index (χ1) is 7.31. The summed E-state index contributed by atoms with van der Waals surface area (Å²) in [7, 11) is 0. The molecule has 2 heteroatoms. The number of terminal acetylenes is 1. The van der Waals surface area contributed by atoms with E-state index >= 15 is 0 Å². The molecule has 0 aromatic rings. The van der Waals surface area contributed by atoms with Gasteiger partial charge in [-0.25, -0.2) is 0 Å². The van der Waals surface area contributed by atoms with Crippen LogP contribution in [0.15, 0.2) is 0 Å². The van der Waals surface area contributed by atoms with E-state index in [-0.39, 0.29) is 0 Å². The van der Waals surface area contributed by atoms with Crippen molar-refractivity contribution in [1.29, 1.82) is 0 Å². The van der Waals surface area contributed by atoms with Crippen molar-refractivity contribution in [1.82, 2.24) is 10.2 Å². The van der Waals surface area contributed by atoms with Crippen LogP contribution in [0.2, 0.25) is 0 Å². The SMILES string of the molecule is C#CCCCN1CC(CC)NCC1CC. The zero-order valence-corrected chi connectivity index (χ0v) is 10.1. The lowest BCUT2D eigenvalue weighted by Gasteiger charge is -2.40. The lowest BCUT2D eigenvalue weighted by atomic mass is 10.0. The van der Waals surface area contributed by atoms with Gasteiger partial charge in [-0.15, -0.1) is 12.3 Å². The zero-order chi connectivity index (χ0) is 11.1. The first-order valence-corrected chi connectivity index (χ1v) is 6.22. The van der Waals surface area contributed by atoms with Crippen LogP contribution in [0, 0.1) is 12.3 Å². The van der Waals surface area contributed by atoms with E-state index in [1.54, 1.807) is 0 Å². The molecule has 0 aromatic carbocycles. The predicted molar refractivity (Wildman–Crippen MR) is 65.8 cm³/mol. The van der Waals surface area contributed by atoms with Gasteiger partial charge >= 0.3 is 0 Å². The molecule has 0 radical (unpaired) electrons. The number of hydrogen-bond donors (Lipinski definition) is 1. The molecule has 2 atom stereocenters. The van der Waals surface area contributed by atoms with Crippen molar-refractivity contribution < 1.29 is 0 Å². The molecule has 0 amide bonds. The Balaban J connectivity index is 2.37. The normalized spacial score (nSPS) is 27.5. The van der Waals surface area contributed by atoms with Crippen molar-refractivity contribution in [2.24, 2.45) is 0 Å². The van der Waals surface area contributed by atoms with E-state index in [0.29, 0.717) is 12.1 Å². The Morgan fingerprint density at radius 3 is 2.80 bits per heavy atom. The molecule has 0 aromatic heterocycles. The van der Waals surface area contributed by atoms with Gasteiger partial charge in [0, 0.05) is 31.6 Å². The third-order valence-electron chi connectivity index (χ3n) is 3.34. The highest BCUT2D eigenvalue weighted by molar-refractivity contribution is 4.87. The van der Waals surface area contributed by atoms with Crippen molar-refractivity contribution >= 4 is 0 Å². The van der Waals surface area contributed by atoms with Gasteiger partial charge in [-0.05, 0) is 25.8 Å². The first-order valence-electron chi connectivity index (χ1n) is 6.22. The van der Waals surface area contributed by atoms with Crippen molar-refractivity contribution in [2.45, 2.75) is 51.6 Å². The molecule has 15 heavy (non-hydrogen) atoms. The fourth-order valence-corrected chi connectivity index (χ4v) is 2.26. The first kappa shape index (κ1) is 12.5. The Labute approximate surface area is 94.4 Å². The molecule has 1 aliphatic rings. The van der Waals surface area contributed by atoms with Crippen LogP contribution in [0.4, 0.5) is 0 Å². The average molecular weight is 208 g/mol. The third-order valence-corrected chi connectivity index (χ3v) is 3.34.